The monoisotopic (exact) mass is 246 g/mol. The summed E-state index contributed by atoms with van der Waals surface area (Å²) in [6.07, 6.45) is -2.68. The van der Waals surface area contributed by atoms with E-state index in [4.69, 9.17) is 0 Å². The van der Waals surface area contributed by atoms with Crippen LogP contribution < -0.4 is 0 Å². The van der Waals surface area contributed by atoms with E-state index in [1.807, 2.05) is 6.92 Å². The van der Waals surface area contributed by atoms with Crippen molar-refractivity contribution >= 4 is 0 Å². The van der Waals surface area contributed by atoms with Gasteiger partial charge in [0.15, 0.2) is 0 Å². The fraction of sp³-hybridized carbons (Fsp3) is 0.538. The van der Waals surface area contributed by atoms with Crippen LogP contribution in [0.5, 0.6) is 0 Å². The number of benzene rings is 1. The van der Waals surface area contributed by atoms with Crippen molar-refractivity contribution in [1.82, 2.24) is 0 Å². The molecule has 0 aliphatic carbocycles. The number of aliphatic hydroxyl groups is 1. The van der Waals surface area contributed by atoms with E-state index in [-0.39, 0.29) is 12.0 Å². The average molecular weight is 246 g/mol. The highest BCUT2D eigenvalue weighted by Crippen LogP contribution is 2.32. The van der Waals surface area contributed by atoms with Crippen LogP contribution in [0.15, 0.2) is 24.3 Å². The Bertz CT molecular complexity index is 347. The second kappa shape index (κ2) is 6.05. The Kier molecular flexibility index (Phi) is 5.00. The van der Waals surface area contributed by atoms with Crippen molar-refractivity contribution in [1.29, 1.82) is 0 Å². The molecule has 0 heterocycles. The molecule has 0 bridgehead atoms. The summed E-state index contributed by atoms with van der Waals surface area (Å²) in [5, 5.41) is 9.66. The van der Waals surface area contributed by atoms with Crippen molar-refractivity contribution < 1.29 is 18.3 Å². The van der Waals surface area contributed by atoms with Crippen LogP contribution in [0.4, 0.5) is 13.2 Å². The molecule has 1 nitrogen and oxygen atoms in total. The third kappa shape index (κ3) is 4.38. The third-order valence-electron chi connectivity index (χ3n) is 2.67. The van der Waals surface area contributed by atoms with Gasteiger partial charge in [-0.2, -0.15) is 13.2 Å². The number of hydrogen-bond acceptors (Lipinski definition) is 1. The Hall–Kier alpha value is -1.03. The molecule has 1 N–H and O–H groups in total. The maximum absolute atomic E-state index is 12.7. The first-order valence-electron chi connectivity index (χ1n) is 5.78. The summed E-state index contributed by atoms with van der Waals surface area (Å²) in [4.78, 5) is 0. The highest BCUT2D eigenvalue weighted by atomic mass is 19.4. The molecule has 96 valence electrons. The fourth-order valence-corrected chi connectivity index (χ4v) is 1.77. The Morgan fingerprint density at radius 1 is 1.24 bits per heavy atom. The Morgan fingerprint density at radius 3 is 2.47 bits per heavy atom. The third-order valence-corrected chi connectivity index (χ3v) is 2.67. The molecule has 0 radical (unpaired) electrons. The Labute approximate surface area is 99.3 Å². The van der Waals surface area contributed by atoms with E-state index in [1.165, 1.54) is 12.1 Å². The molecule has 4 heteroatoms. The van der Waals surface area contributed by atoms with E-state index < -0.39 is 17.8 Å². The molecule has 1 aromatic carbocycles. The van der Waals surface area contributed by atoms with E-state index in [1.54, 1.807) is 6.07 Å². The molecule has 17 heavy (non-hydrogen) atoms. The minimum absolute atomic E-state index is 0.0652. The summed E-state index contributed by atoms with van der Waals surface area (Å²) in [7, 11) is 0. The quantitative estimate of drug-likeness (QED) is 0.837. The summed E-state index contributed by atoms with van der Waals surface area (Å²) in [6.45, 7) is 1.98. The largest absolute Gasteiger partial charge is 0.416 e. The van der Waals surface area contributed by atoms with Crippen LogP contribution in [0.3, 0.4) is 0 Å². The van der Waals surface area contributed by atoms with Gasteiger partial charge in [-0.15, -0.1) is 0 Å². The zero-order chi connectivity index (χ0) is 12.9. The minimum Gasteiger partial charge on any atom is -0.393 e. The molecular formula is C13H17F3O. The maximum Gasteiger partial charge on any atom is 0.416 e. The molecule has 0 aromatic heterocycles. The highest BCUT2D eigenvalue weighted by molar-refractivity contribution is 5.30. The van der Waals surface area contributed by atoms with Crippen LogP contribution in [0.1, 0.15) is 37.3 Å². The van der Waals surface area contributed by atoms with Crippen molar-refractivity contribution in [3.05, 3.63) is 35.4 Å². The number of halogens is 3. The predicted molar refractivity (Wildman–Crippen MR) is 60.7 cm³/mol. The van der Waals surface area contributed by atoms with Gasteiger partial charge in [-0.05, 0) is 24.5 Å². The second-order valence-electron chi connectivity index (χ2n) is 4.16. The van der Waals surface area contributed by atoms with Gasteiger partial charge in [-0.25, -0.2) is 0 Å². The zero-order valence-corrected chi connectivity index (χ0v) is 9.80. The molecule has 1 atom stereocenters. The normalized spacial score (nSPS) is 13.7. The van der Waals surface area contributed by atoms with Crippen molar-refractivity contribution in [2.45, 2.75) is 44.9 Å². The van der Waals surface area contributed by atoms with E-state index in [9.17, 15) is 18.3 Å². The van der Waals surface area contributed by atoms with Gasteiger partial charge in [-0.1, -0.05) is 38.0 Å². The lowest BCUT2D eigenvalue weighted by Crippen LogP contribution is -2.15. The summed E-state index contributed by atoms with van der Waals surface area (Å²) >= 11 is 0. The Balaban J connectivity index is 2.77. The van der Waals surface area contributed by atoms with Crippen LogP contribution in [-0.2, 0) is 12.6 Å². The van der Waals surface area contributed by atoms with Gasteiger partial charge in [0.2, 0.25) is 0 Å². The van der Waals surface area contributed by atoms with Crippen molar-refractivity contribution in [2.75, 3.05) is 0 Å². The minimum atomic E-state index is -4.35. The lowest BCUT2D eigenvalue weighted by molar-refractivity contribution is -0.138. The molecule has 1 unspecified atom stereocenters. The first-order valence-corrected chi connectivity index (χ1v) is 5.78. The van der Waals surface area contributed by atoms with Gasteiger partial charge in [-0.3, -0.25) is 0 Å². The summed E-state index contributed by atoms with van der Waals surface area (Å²) < 4.78 is 38.0. The van der Waals surface area contributed by atoms with Gasteiger partial charge in [0.25, 0.3) is 0 Å². The predicted octanol–water partition coefficient (Wildman–Crippen LogP) is 3.80. The second-order valence-corrected chi connectivity index (χ2v) is 4.16. The summed E-state index contributed by atoms with van der Waals surface area (Å²) in [5.74, 6) is 0. The molecule has 0 aliphatic rings. The van der Waals surface area contributed by atoms with Gasteiger partial charge >= 0.3 is 6.18 Å². The molecule has 0 spiro atoms. The number of alkyl halides is 3. The van der Waals surface area contributed by atoms with E-state index in [0.29, 0.717) is 6.42 Å². The average Bonchev–Trinajstić information content (AvgIpc) is 2.25. The van der Waals surface area contributed by atoms with Crippen LogP contribution in [0.25, 0.3) is 0 Å². The topological polar surface area (TPSA) is 20.2 Å². The summed E-state index contributed by atoms with van der Waals surface area (Å²) in [6, 6.07) is 5.42. The number of unbranched alkanes of at least 4 members (excludes halogenated alkanes) is 1. The van der Waals surface area contributed by atoms with Gasteiger partial charge in [0.1, 0.15) is 0 Å². The van der Waals surface area contributed by atoms with Crippen molar-refractivity contribution in [2.24, 2.45) is 0 Å². The standard InChI is InChI=1S/C13H17F3O/c1-2-3-7-11(17)9-10-6-4-5-8-12(10)13(14,15)16/h4-6,8,11,17H,2-3,7,9H2,1H3. The smallest absolute Gasteiger partial charge is 0.393 e. The lowest BCUT2D eigenvalue weighted by Gasteiger charge is -2.15. The molecule has 0 saturated heterocycles. The van der Waals surface area contributed by atoms with Gasteiger partial charge in [0, 0.05) is 0 Å². The highest BCUT2D eigenvalue weighted by Gasteiger charge is 2.33. The van der Waals surface area contributed by atoms with Gasteiger partial charge < -0.3 is 5.11 Å². The SMILES string of the molecule is CCCCC(O)Cc1ccccc1C(F)(F)F. The van der Waals surface area contributed by atoms with Crippen molar-refractivity contribution in [3.8, 4) is 0 Å². The van der Waals surface area contributed by atoms with E-state index in [0.717, 1.165) is 18.9 Å². The first-order chi connectivity index (χ1) is 7.95. The zero-order valence-electron chi connectivity index (χ0n) is 9.80. The molecule has 1 aromatic rings. The van der Waals surface area contributed by atoms with Crippen molar-refractivity contribution in [3.63, 3.8) is 0 Å². The van der Waals surface area contributed by atoms with E-state index >= 15 is 0 Å². The van der Waals surface area contributed by atoms with Gasteiger partial charge in [0.05, 0.1) is 11.7 Å². The number of rotatable bonds is 5. The number of aliphatic hydroxyl groups excluding tert-OH is 1. The molecule has 1 rings (SSSR count). The van der Waals surface area contributed by atoms with Crippen LogP contribution in [0, 0.1) is 0 Å². The maximum atomic E-state index is 12.7. The lowest BCUT2D eigenvalue weighted by atomic mass is 9.99. The molecule has 0 amide bonds. The molecule has 0 fully saturated rings. The Morgan fingerprint density at radius 2 is 1.88 bits per heavy atom. The molecule has 0 aliphatic heterocycles. The summed E-state index contributed by atoms with van der Waals surface area (Å²) in [5.41, 5.74) is -0.473. The molecule has 0 saturated carbocycles. The fourth-order valence-electron chi connectivity index (χ4n) is 1.77. The van der Waals surface area contributed by atoms with Crippen LogP contribution >= 0.6 is 0 Å². The number of hydrogen-bond donors (Lipinski definition) is 1. The first kappa shape index (κ1) is 14.0. The van der Waals surface area contributed by atoms with E-state index in [2.05, 4.69) is 0 Å². The van der Waals surface area contributed by atoms with Crippen LogP contribution in [-0.4, -0.2) is 11.2 Å². The van der Waals surface area contributed by atoms with Crippen LogP contribution in [0.2, 0.25) is 0 Å². The molecular weight excluding hydrogens is 229 g/mol.